The van der Waals surface area contributed by atoms with Crippen molar-refractivity contribution in [3.05, 3.63) is 180 Å². The summed E-state index contributed by atoms with van der Waals surface area (Å²) in [6.07, 6.45) is 7.38. The number of rotatable bonds is 4. The average Bonchev–Trinajstić information content (AvgIpc) is 4.04. The van der Waals surface area contributed by atoms with Crippen LogP contribution in [0.15, 0.2) is 157 Å². The van der Waals surface area contributed by atoms with Crippen LogP contribution >= 0.6 is 0 Å². The van der Waals surface area contributed by atoms with Crippen LogP contribution in [0, 0.1) is 0 Å². The standard InChI is InChI=1S/C48H32N4.Cu/c1-30-28-35-36(29-30)48-46(34-20-12-5-13-21-34)42-27-25-40(51-42)44(32-16-8-3-9-17-32)38-23-22-37(49-38)43(31-14-6-2-7-15-31)39-24-26-41(50-39)45(47(35)52-48)33-18-10-4-11-19-33;/h2-28H,29H2,1H3;/q-2;+2. The molecule has 0 atom stereocenters. The number of aromatic nitrogens is 4. The Balaban J connectivity index is 0.00000372. The molecule has 10 rings (SSSR count). The fourth-order valence-electron chi connectivity index (χ4n) is 7.83. The van der Waals surface area contributed by atoms with Crippen molar-refractivity contribution in [1.82, 2.24) is 19.9 Å². The predicted molar refractivity (Wildman–Crippen MR) is 215 cm³/mol. The molecule has 7 aromatic rings. The van der Waals surface area contributed by atoms with Crippen molar-refractivity contribution < 1.29 is 17.1 Å². The van der Waals surface area contributed by atoms with Crippen LogP contribution in [0.1, 0.15) is 36.1 Å². The minimum Gasteiger partial charge on any atom is -0.657 e. The molecule has 0 amide bonds. The molecule has 255 valence electrons. The molecule has 2 aliphatic heterocycles. The van der Waals surface area contributed by atoms with Crippen molar-refractivity contribution in [1.29, 1.82) is 0 Å². The molecule has 0 spiro atoms. The number of hydrogen-bond donors (Lipinski definition) is 0. The molecule has 0 saturated carbocycles. The van der Waals surface area contributed by atoms with E-state index in [9.17, 15) is 0 Å². The van der Waals surface area contributed by atoms with Crippen LogP contribution in [-0.4, -0.2) is 9.97 Å². The minimum absolute atomic E-state index is 0. The summed E-state index contributed by atoms with van der Waals surface area (Å²) in [4.78, 5) is 21.8. The topological polar surface area (TPSA) is 54.0 Å². The molecule has 1 radical (unpaired) electrons. The molecule has 4 aromatic carbocycles. The van der Waals surface area contributed by atoms with Crippen molar-refractivity contribution >= 4 is 45.4 Å². The maximum atomic E-state index is 5.62. The van der Waals surface area contributed by atoms with Crippen LogP contribution in [0.2, 0.25) is 0 Å². The van der Waals surface area contributed by atoms with Crippen LogP contribution in [0.4, 0.5) is 0 Å². The maximum Gasteiger partial charge on any atom is 2.00 e. The molecule has 3 aliphatic rings. The van der Waals surface area contributed by atoms with Gasteiger partial charge in [-0.1, -0.05) is 157 Å². The van der Waals surface area contributed by atoms with Crippen LogP contribution in [0.3, 0.4) is 0 Å². The molecule has 3 aromatic heterocycles. The van der Waals surface area contributed by atoms with E-state index < -0.39 is 0 Å². The predicted octanol–water partition coefficient (Wildman–Crippen LogP) is 11.7. The van der Waals surface area contributed by atoms with Crippen LogP contribution < -0.4 is 9.97 Å². The second-order valence-corrected chi connectivity index (χ2v) is 13.5. The molecule has 0 N–H and O–H groups in total. The van der Waals surface area contributed by atoms with E-state index in [4.69, 9.17) is 19.9 Å². The fraction of sp³-hybridized carbons (Fsp3) is 0.0417. The first kappa shape index (κ1) is 32.6. The third kappa shape index (κ3) is 5.62. The monoisotopic (exact) mass is 727 g/mol. The molecule has 5 heteroatoms. The van der Waals surface area contributed by atoms with Gasteiger partial charge < -0.3 is 9.97 Å². The summed E-state index contributed by atoms with van der Waals surface area (Å²) in [5.74, 6) is 0. The molecule has 8 bridgehead atoms. The zero-order chi connectivity index (χ0) is 34.6. The molecule has 0 unspecified atom stereocenters. The Labute approximate surface area is 318 Å². The molecule has 53 heavy (non-hydrogen) atoms. The van der Waals surface area contributed by atoms with Crippen LogP contribution in [-0.2, 0) is 17.1 Å². The van der Waals surface area contributed by atoms with Crippen molar-refractivity contribution in [3.63, 3.8) is 0 Å². The molecule has 5 heterocycles. The summed E-state index contributed by atoms with van der Waals surface area (Å²) in [7, 11) is 0. The van der Waals surface area contributed by atoms with Crippen molar-refractivity contribution in [2.45, 2.75) is 13.3 Å². The number of allylic oxidation sites excluding steroid dienone is 4. The normalized spacial score (nSPS) is 13.1. The Bertz CT molecular complexity index is 2790. The Morgan fingerprint density at radius 1 is 0.434 bits per heavy atom. The number of hydrogen-bond acceptors (Lipinski definition) is 2. The van der Waals surface area contributed by atoms with E-state index in [2.05, 4.69) is 159 Å². The van der Waals surface area contributed by atoms with Gasteiger partial charge in [0.25, 0.3) is 0 Å². The molecule has 0 saturated heterocycles. The summed E-state index contributed by atoms with van der Waals surface area (Å²) in [6, 6.07) is 50.6. The first-order valence-corrected chi connectivity index (χ1v) is 17.7. The number of nitrogens with zero attached hydrogens (tertiary/aromatic N) is 4. The zero-order valence-electron chi connectivity index (χ0n) is 28.9. The Hall–Kier alpha value is -6.26. The van der Waals surface area contributed by atoms with E-state index in [0.717, 1.165) is 101 Å². The van der Waals surface area contributed by atoms with Gasteiger partial charge in [-0.2, -0.15) is 0 Å². The van der Waals surface area contributed by atoms with Crippen molar-refractivity contribution in [2.75, 3.05) is 0 Å². The molecule has 0 fully saturated rings. The van der Waals surface area contributed by atoms with E-state index in [-0.39, 0.29) is 17.1 Å². The Morgan fingerprint density at radius 2 is 0.811 bits per heavy atom. The van der Waals surface area contributed by atoms with E-state index in [1.165, 1.54) is 11.1 Å². The summed E-state index contributed by atoms with van der Waals surface area (Å²) in [5, 5.41) is 0. The van der Waals surface area contributed by atoms with Crippen LogP contribution in [0.5, 0.6) is 0 Å². The van der Waals surface area contributed by atoms with Gasteiger partial charge in [0.15, 0.2) is 0 Å². The van der Waals surface area contributed by atoms with Gasteiger partial charge in [-0.05, 0) is 75.6 Å². The first-order valence-electron chi connectivity index (χ1n) is 17.7. The van der Waals surface area contributed by atoms with Gasteiger partial charge in [-0.25, -0.2) is 9.97 Å². The third-order valence-corrected chi connectivity index (χ3v) is 10.1. The second-order valence-electron chi connectivity index (χ2n) is 13.5. The van der Waals surface area contributed by atoms with E-state index in [1.807, 2.05) is 12.1 Å². The molecular weight excluding hydrogens is 696 g/mol. The van der Waals surface area contributed by atoms with Gasteiger partial charge in [0.05, 0.1) is 22.8 Å². The number of fused-ring (bicyclic) bond motifs is 10. The third-order valence-electron chi connectivity index (χ3n) is 10.1. The van der Waals surface area contributed by atoms with E-state index in [1.54, 1.807) is 0 Å². The largest absolute Gasteiger partial charge is 2.00 e. The van der Waals surface area contributed by atoms with Gasteiger partial charge in [-0.15, -0.1) is 22.1 Å². The van der Waals surface area contributed by atoms with Crippen molar-refractivity contribution in [2.24, 2.45) is 0 Å². The molecular formula is C48H32CuN4. The van der Waals surface area contributed by atoms with E-state index >= 15 is 0 Å². The molecule has 4 nitrogen and oxygen atoms in total. The van der Waals surface area contributed by atoms with Crippen LogP contribution in [0.25, 0.3) is 89.9 Å². The average molecular weight is 728 g/mol. The summed E-state index contributed by atoms with van der Waals surface area (Å²) < 4.78 is 0. The fourth-order valence-corrected chi connectivity index (χ4v) is 7.83. The van der Waals surface area contributed by atoms with Gasteiger partial charge in [0.1, 0.15) is 0 Å². The van der Waals surface area contributed by atoms with Crippen molar-refractivity contribution in [3.8, 4) is 44.5 Å². The zero-order valence-corrected chi connectivity index (χ0v) is 29.8. The quantitative estimate of drug-likeness (QED) is 0.169. The maximum absolute atomic E-state index is 5.62. The molecule has 1 aliphatic carbocycles. The van der Waals surface area contributed by atoms with Gasteiger partial charge >= 0.3 is 17.1 Å². The summed E-state index contributed by atoms with van der Waals surface area (Å²) >= 11 is 0. The van der Waals surface area contributed by atoms with E-state index in [0.29, 0.717) is 0 Å². The van der Waals surface area contributed by atoms with Gasteiger partial charge in [-0.3, -0.25) is 0 Å². The Morgan fingerprint density at radius 3 is 1.25 bits per heavy atom. The minimum atomic E-state index is 0. The summed E-state index contributed by atoms with van der Waals surface area (Å²) in [5.41, 5.74) is 19.1. The summed E-state index contributed by atoms with van der Waals surface area (Å²) in [6.45, 7) is 2.21. The van der Waals surface area contributed by atoms with Gasteiger partial charge in [0.2, 0.25) is 0 Å². The first-order chi connectivity index (χ1) is 25.7. The second kappa shape index (κ2) is 13.4. The Kier molecular flexibility index (Phi) is 8.23. The van der Waals surface area contributed by atoms with Gasteiger partial charge in [0, 0.05) is 5.57 Å². The SMILES string of the molecule is CC1=CC2=C(C1)c1nc2c(-c2ccccc2)c2ccc([n-]2)c(-c2ccccc2)c2nc(c(-c3ccccc3)c3ccc([n-]3)c1-c1ccccc1)C=C2.[Cu+2]. The number of benzene rings is 4. The smallest absolute Gasteiger partial charge is 0.657 e.